The molecule has 0 aromatic carbocycles. The van der Waals surface area contributed by atoms with Crippen LogP contribution in [0.25, 0.3) is 0 Å². The van der Waals surface area contributed by atoms with Crippen LogP contribution in [0, 0.1) is 0 Å². The van der Waals surface area contributed by atoms with Crippen molar-refractivity contribution in [3.63, 3.8) is 0 Å². The summed E-state index contributed by atoms with van der Waals surface area (Å²) >= 11 is 4.98. The highest BCUT2D eigenvalue weighted by Gasteiger charge is 2.22. The average Bonchev–Trinajstić information content (AvgIpc) is 2.75. The van der Waals surface area contributed by atoms with Gasteiger partial charge in [0.15, 0.2) is 0 Å². The molecule has 0 saturated carbocycles. The Morgan fingerprint density at radius 1 is 1.67 bits per heavy atom. The Hall–Kier alpha value is -0.870. The van der Waals surface area contributed by atoms with Gasteiger partial charge in [0.2, 0.25) is 0 Å². The lowest BCUT2D eigenvalue weighted by Crippen LogP contribution is -2.21. The molecule has 0 aliphatic carbocycles. The van der Waals surface area contributed by atoms with Gasteiger partial charge in [-0.05, 0) is 31.9 Å². The molecule has 1 aromatic heterocycles. The zero-order valence-corrected chi connectivity index (χ0v) is 9.67. The molecule has 0 radical (unpaired) electrons. The molecule has 1 fully saturated rings. The molecule has 1 aliphatic heterocycles. The number of ether oxygens (including phenoxy) is 1. The first-order valence-electron chi connectivity index (χ1n) is 5.27. The van der Waals surface area contributed by atoms with Crippen LogP contribution >= 0.6 is 12.2 Å². The van der Waals surface area contributed by atoms with Crippen molar-refractivity contribution in [2.75, 3.05) is 0 Å². The summed E-state index contributed by atoms with van der Waals surface area (Å²) in [5, 5.41) is 0. The largest absolute Gasteiger partial charge is 0.388 e. The second kappa shape index (κ2) is 4.33. The summed E-state index contributed by atoms with van der Waals surface area (Å²) in [6.45, 7) is 2.97. The van der Waals surface area contributed by atoms with Crippen LogP contribution in [0.4, 0.5) is 0 Å². The molecule has 1 aliphatic rings. The van der Waals surface area contributed by atoms with E-state index in [1.807, 2.05) is 18.3 Å². The van der Waals surface area contributed by atoms with Crippen molar-refractivity contribution in [3.05, 3.63) is 24.0 Å². The van der Waals surface area contributed by atoms with Gasteiger partial charge in [-0.15, -0.1) is 0 Å². The minimum atomic E-state index is 0.306. The van der Waals surface area contributed by atoms with Crippen LogP contribution in [0.15, 0.2) is 18.3 Å². The lowest BCUT2D eigenvalue weighted by Gasteiger charge is -2.14. The topological polar surface area (TPSA) is 40.2 Å². The van der Waals surface area contributed by atoms with Gasteiger partial charge in [0.1, 0.15) is 4.99 Å². The van der Waals surface area contributed by atoms with Crippen molar-refractivity contribution in [3.8, 4) is 0 Å². The second-order valence-corrected chi connectivity index (χ2v) is 4.50. The molecule has 2 N–H and O–H groups in total. The fourth-order valence-corrected chi connectivity index (χ4v) is 2.22. The van der Waals surface area contributed by atoms with E-state index in [2.05, 4.69) is 11.5 Å². The summed E-state index contributed by atoms with van der Waals surface area (Å²) in [6, 6.07) is 3.91. The lowest BCUT2D eigenvalue weighted by atomic mass is 10.2. The first-order valence-corrected chi connectivity index (χ1v) is 5.68. The van der Waals surface area contributed by atoms with Gasteiger partial charge in [-0.2, -0.15) is 0 Å². The van der Waals surface area contributed by atoms with Crippen LogP contribution in [0.5, 0.6) is 0 Å². The van der Waals surface area contributed by atoms with Crippen molar-refractivity contribution in [2.45, 2.75) is 38.5 Å². The Bertz CT molecular complexity index is 361. The quantitative estimate of drug-likeness (QED) is 0.794. The number of rotatable bonds is 3. The molecule has 82 valence electrons. The van der Waals surface area contributed by atoms with Gasteiger partial charge in [-0.25, -0.2) is 0 Å². The van der Waals surface area contributed by atoms with Crippen molar-refractivity contribution >= 4 is 17.2 Å². The van der Waals surface area contributed by atoms with Crippen LogP contribution in [-0.2, 0) is 11.3 Å². The number of nitrogens with zero attached hydrogens (tertiary/aromatic N) is 1. The molecule has 0 amide bonds. The first-order chi connectivity index (χ1) is 7.16. The van der Waals surface area contributed by atoms with Crippen molar-refractivity contribution in [1.82, 2.24) is 4.57 Å². The van der Waals surface area contributed by atoms with Gasteiger partial charge < -0.3 is 15.0 Å². The van der Waals surface area contributed by atoms with E-state index in [1.165, 1.54) is 0 Å². The molecule has 2 unspecified atom stereocenters. The molecule has 4 heteroatoms. The summed E-state index contributed by atoms with van der Waals surface area (Å²) in [4.78, 5) is 0.450. The monoisotopic (exact) mass is 224 g/mol. The van der Waals surface area contributed by atoms with Crippen LogP contribution < -0.4 is 5.73 Å². The first kappa shape index (κ1) is 10.6. The normalized spacial score (nSPS) is 25.7. The molecule has 15 heavy (non-hydrogen) atoms. The maximum atomic E-state index is 5.76. The van der Waals surface area contributed by atoms with Crippen LogP contribution in [-0.4, -0.2) is 21.8 Å². The summed E-state index contributed by atoms with van der Waals surface area (Å²) in [7, 11) is 0. The SMILES string of the molecule is CC1CCC(Cn2cccc2C(N)=S)O1. The number of aromatic nitrogens is 1. The maximum absolute atomic E-state index is 5.76. The van der Waals surface area contributed by atoms with Gasteiger partial charge in [-0.1, -0.05) is 12.2 Å². The molecule has 1 aromatic rings. The van der Waals surface area contributed by atoms with E-state index in [1.54, 1.807) is 0 Å². The standard InChI is InChI=1S/C11H16N2OS/c1-8-4-5-9(14-8)7-13-6-2-3-10(13)11(12)15/h2-3,6,8-9H,4-5,7H2,1H3,(H2,12,15). The highest BCUT2D eigenvalue weighted by Crippen LogP contribution is 2.21. The summed E-state index contributed by atoms with van der Waals surface area (Å²) < 4.78 is 7.84. The zero-order valence-electron chi connectivity index (χ0n) is 8.85. The Balaban J connectivity index is 2.04. The van der Waals surface area contributed by atoms with E-state index >= 15 is 0 Å². The van der Waals surface area contributed by atoms with E-state index < -0.39 is 0 Å². The summed E-state index contributed by atoms with van der Waals surface area (Å²) in [6.07, 6.45) is 4.96. The predicted octanol–water partition coefficient (Wildman–Crippen LogP) is 1.69. The molecule has 0 spiro atoms. The third-order valence-corrected chi connectivity index (χ3v) is 3.01. The summed E-state index contributed by atoms with van der Waals surface area (Å²) in [5.74, 6) is 0. The fraction of sp³-hybridized carbons (Fsp3) is 0.545. The van der Waals surface area contributed by atoms with Crippen molar-refractivity contribution in [1.29, 1.82) is 0 Å². The Labute approximate surface area is 95.2 Å². The predicted molar refractivity (Wildman–Crippen MR) is 63.9 cm³/mol. The molecule has 2 atom stereocenters. The lowest BCUT2D eigenvalue weighted by molar-refractivity contribution is 0.0458. The second-order valence-electron chi connectivity index (χ2n) is 4.06. The molecule has 2 heterocycles. The van der Waals surface area contributed by atoms with Gasteiger partial charge in [0.05, 0.1) is 17.9 Å². The number of hydrogen-bond donors (Lipinski definition) is 1. The van der Waals surface area contributed by atoms with Gasteiger partial charge in [0, 0.05) is 12.7 Å². The Morgan fingerprint density at radius 3 is 3.07 bits per heavy atom. The van der Waals surface area contributed by atoms with Gasteiger partial charge >= 0.3 is 0 Å². The minimum Gasteiger partial charge on any atom is -0.388 e. The zero-order chi connectivity index (χ0) is 10.8. The van der Waals surface area contributed by atoms with Crippen LogP contribution in [0.1, 0.15) is 25.5 Å². The fourth-order valence-electron chi connectivity index (χ4n) is 2.04. The van der Waals surface area contributed by atoms with Gasteiger partial charge in [-0.3, -0.25) is 0 Å². The maximum Gasteiger partial charge on any atom is 0.120 e. The molecule has 2 rings (SSSR count). The average molecular weight is 224 g/mol. The van der Waals surface area contributed by atoms with Crippen molar-refractivity contribution in [2.24, 2.45) is 5.73 Å². The molecule has 3 nitrogen and oxygen atoms in total. The molecular formula is C11H16N2OS. The molecular weight excluding hydrogens is 208 g/mol. The van der Waals surface area contributed by atoms with Crippen LogP contribution in [0.2, 0.25) is 0 Å². The van der Waals surface area contributed by atoms with E-state index in [0.717, 1.165) is 25.1 Å². The number of nitrogens with two attached hydrogens (primary N) is 1. The molecule has 0 bridgehead atoms. The van der Waals surface area contributed by atoms with Crippen molar-refractivity contribution < 1.29 is 4.74 Å². The minimum absolute atomic E-state index is 0.306. The number of thiocarbonyl (C=S) groups is 1. The van der Waals surface area contributed by atoms with E-state index in [4.69, 9.17) is 22.7 Å². The Kier molecular flexibility index (Phi) is 3.07. The third kappa shape index (κ3) is 2.38. The van der Waals surface area contributed by atoms with Gasteiger partial charge in [0.25, 0.3) is 0 Å². The smallest absolute Gasteiger partial charge is 0.120 e. The highest BCUT2D eigenvalue weighted by atomic mass is 32.1. The molecule has 1 saturated heterocycles. The third-order valence-electron chi connectivity index (χ3n) is 2.80. The Morgan fingerprint density at radius 2 is 2.47 bits per heavy atom. The number of hydrogen-bond acceptors (Lipinski definition) is 2. The van der Waals surface area contributed by atoms with E-state index in [-0.39, 0.29) is 0 Å². The summed E-state index contributed by atoms with van der Waals surface area (Å²) in [5.41, 5.74) is 6.55. The van der Waals surface area contributed by atoms with E-state index in [0.29, 0.717) is 17.2 Å². The van der Waals surface area contributed by atoms with Crippen LogP contribution in [0.3, 0.4) is 0 Å². The van der Waals surface area contributed by atoms with E-state index in [9.17, 15) is 0 Å². The highest BCUT2D eigenvalue weighted by molar-refractivity contribution is 7.80.